The predicted molar refractivity (Wildman–Crippen MR) is 101 cm³/mol. The molecule has 7 nitrogen and oxygen atoms in total. The summed E-state index contributed by atoms with van der Waals surface area (Å²) >= 11 is 0. The van der Waals surface area contributed by atoms with Crippen LogP contribution in [0.25, 0.3) is 10.9 Å². The first-order valence-electron chi connectivity index (χ1n) is 8.46. The predicted octanol–water partition coefficient (Wildman–Crippen LogP) is 2.31. The molecule has 1 aliphatic heterocycles. The van der Waals surface area contributed by atoms with Crippen LogP contribution in [0.3, 0.4) is 0 Å². The maximum atomic E-state index is 12.5. The van der Waals surface area contributed by atoms with Crippen LogP contribution in [0.5, 0.6) is 0 Å². The number of rotatable bonds is 3. The van der Waals surface area contributed by atoms with E-state index in [4.69, 9.17) is 0 Å². The van der Waals surface area contributed by atoms with Crippen molar-refractivity contribution in [3.8, 4) is 0 Å². The first kappa shape index (κ1) is 16.7. The van der Waals surface area contributed by atoms with Gasteiger partial charge in [-0.05, 0) is 36.4 Å². The molecule has 1 aromatic heterocycles. The van der Waals surface area contributed by atoms with E-state index < -0.39 is 17.9 Å². The van der Waals surface area contributed by atoms with Crippen LogP contribution >= 0.6 is 0 Å². The lowest BCUT2D eigenvalue weighted by Crippen LogP contribution is -2.43. The van der Waals surface area contributed by atoms with Gasteiger partial charge < -0.3 is 16.0 Å². The van der Waals surface area contributed by atoms with E-state index in [1.54, 1.807) is 48.7 Å². The summed E-state index contributed by atoms with van der Waals surface area (Å²) in [6, 6.07) is 14.8. The molecule has 2 aromatic carbocycles. The third kappa shape index (κ3) is 3.35. The van der Waals surface area contributed by atoms with Crippen molar-refractivity contribution in [2.24, 2.45) is 0 Å². The molecule has 0 aliphatic carbocycles. The van der Waals surface area contributed by atoms with Crippen LogP contribution in [0.1, 0.15) is 16.8 Å². The van der Waals surface area contributed by atoms with Gasteiger partial charge in [0, 0.05) is 11.6 Å². The number of nitrogens with zero attached hydrogens (tertiary/aromatic N) is 1. The number of anilines is 2. The van der Waals surface area contributed by atoms with Gasteiger partial charge in [0.2, 0.25) is 11.8 Å². The van der Waals surface area contributed by atoms with Crippen molar-refractivity contribution in [3.05, 3.63) is 66.4 Å². The largest absolute Gasteiger partial charge is 0.340 e. The van der Waals surface area contributed by atoms with Gasteiger partial charge in [0.25, 0.3) is 5.91 Å². The molecule has 3 N–H and O–H groups in total. The summed E-state index contributed by atoms with van der Waals surface area (Å²) in [6.07, 6.45) is 1.50. The molecule has 0 saturated carbocycles. The van der Waals surface area contributed by atoms with Gasteiger partial charge in [-0.1, -0.05) is 18.2 Å². The number of para-hydroxylation sites is 1. The van der Waals surface area contributed by atoms with Crippen LogP contribution in [0, 0.1) is 0 Å². The Morgan fingerprint density at radius 1 is 1.04 bits per heavy atom. The quantitative estimate of drug-likeness (QED) is 0.667. The lowest BCUT2D eigenvalue weighted by Gasteiger charge is -2.15. The summed E-state index contributed by atoms with van der Waals surface area (Å²) in [7, 11) is 0. The number of amides is 3. The molecule has 1 atom stereocenters. The van der Waals surface area contributed by atoms with Crippen LogP contribution in [-0.2, 0) is 9.59 Å². The third-order valence-corrected chi connectivity index (χ3v) is 4.36. The molecule has 2 heterocycles. The fourth-order valence-corrected chi connectivity index (χ4v) is 3.05. The Kier molecular flexibility index (Phi) is 4.25. The van der Waals surface area contributed by atoms with Gasteiger partial charge in [0.15, 0.2) is 0 Å². The Morgan fingerprint density at radius 2 is 1.89 bits per heavy atom. The second-order valence-corrected chi connectivity index (χ2v) is 6.19. The Balaban J connectivity index is 1.51. The molecule has 0 bridgehead atoms. The van der Waals surface area contributed by atoms with Gasteiger partial charge >= 0.3 is 0 Å². The van der Waals surface area contributed by atoms with Crippen LogP contribution < -0.4 is 16.0 Å². The van der Waals surface area contributed by atoms with Crippen molar-refractivity contribution in [3.63, 3.8) is 0 Å². The Hall–Kier alpha value is -3.74. The van der Waals surface area contributed by atoms with E-state index in [0.29, 0.717) is 16.9 Å². The SMILES string of the molecule is O=C(C[C@H]1NC(=O)c2ccccc2NC1=O)Nc1cccc2ncccc12. The zero-order chi connectivity index (χ0) is 18.8. The highest BCUT2D eigenvalue weighted by Gasteiger charge is 2.29. The minimum absolute atomic E-state index is 0.178. The number of carbonyl (C=O) groups excluding carboxylic acids is 3. The van der Waals surface area contributed by atoms with Gasteiger partial charge in [0.05, 0.1) is 28.9 Å². The lowest BCUT2D eigenvalue weighted by atomic mass is 10.1. The fraction of sp³-hybridized carbons (Fsp3) is 0.100. The standard InChI is InChI=1S/C20H16N4O3/c25-18(22-15-9-3-8-14-12(15)6-4-10-21-14)11-17-20(27)23-16-7-2-1-5-13(16)19(26)24-17/h1-10,17H,11H2,(H,22,25)(H,23,27)(H,24,26)/t17-/m1/s1. The van der Waals surface area contributed by atoms with E-state index in [-0.39, 0.29) is 12.3 Å². The van der Waals surface area contributed by atoms with E-state index >= 15 is 0 Å². The Morgan fingerprint density at radius 3 is 2.78 bits per heavy atom. The maximum absolute atomic E-state index is 12.5. The number of aromatic nitrogens is 1. The second-order valence-electron chi connectivity index (χ2n) is 6.19. The van der Waals surface area contributed by atoms with E-state index in [0.717, 1.165) is 10.9 Å². The summed E-state index contributed by atoms with van der Waals surface area (Å²) in [5.41, 5.74) is 2.16. The van der Waals surface area contributed by atoms with Crippen LogP contribution in [-0.4, -0.2) is 28.7 Å². The van der Waals surface area contributed by atoms with Crippen molar-refractivity contribution >= 4 is 40.0 Å². The average Bonchev–Trinajstić information content (AvgIpc) is 2.79. The van der Waals surface area contributed by atoms with E-state index in [1.165, 1.54) is 0 Å². The summed E-state index contributed by atoms with van der Waals surface area (Å²) in [4.78, 5) is 41.5. The lowest BCUT2D eigenvalue weighted by molar-refractivity contribution is -0.122. The molecule has 0 saturated heterocycles. The molecular weight excluding hydrogens is 344 g/mol. The summed E-state index contributed by atoms with van der Waals surface area (Å²) in [6.45, 7) is 0. The highest BCUT2D eigenvalue weighted by Crippen LogP contribution is 2.22. The van der Waals surface area contributed by atoms with Crippen molar-refractivity contribution in [1.29, 1.82) is 0 Å². The number of fused-ring (bicyclic) bond motifs is 2. The van der Waals surface area contributed by atoms with E-state index in [2.05, 4.69) is 20.9 Å². The van der Waals surface area contributed by atoms with Gasteiger partial charge in [-0.25, -0.2) is 0 Å². The van der Waals surface area contributed by atoms with Gasteiger partial charge in [-0.3, -0.25) is 19.4 Å². The van der Waals surface area contributed by atoms with Gasteiger partial charge in [0.1, 0.15) is 6.04 Å². The van der Waals surface area contributed by atoms with Crippen molar-refractivity contribution < 1.29 is 14.4 Å². The van der Waals surface area contributed by atoms with Gasteiger partial charge in [-0.15, -0.1) is 0 Å². The van der Waals surface area contributed by atoms with Crippen LogP contribution in [0.2, 0.25) is 0 Å². The molecule has 4 rings (SSSR count). The van der Waals surface area contributed by atoms with Crippen molar-refractivity contribution in [2.75, 3.05) is 10.6 Å². The van der Waals surface area contributed by atoms with Crippen molar-refractivity contribution in [2.45, 2.75) is 12.5 Å². The van der Waals surface area contributed by atoms with Gasteiger partial charge in [-0.2, -0.15) is 0 Å². The first-order valence-corrected chi connectivity index (χ1v) is 8.46. The molecular formula is C20H16N4O3. The zero-order valence-corrected chi connectivity index (χ0v) is 14.2. The van der Waals surface area contributed by atoms with E-state index in [1.807, 2.05) is 12.1 Å². The molecule has 1 aliphatic rings. The van der Waals surface area contributed by atoms with Crippen molar-refractivity contribution in [1.82, 2.24) is 10.3 Å². The molecule has 0 radical (unpaired) electrons. The number of hydrogen-bond donors (Lipinski definition) is 3. The molecule has 3 aromatic rings. The molecule has 3 amide bonds. The minimum Gasteiger partial charge on any atom is -0.340 e. The highest BCUT2D eigenvalue weighted by molar-refractivity contribution is 6.11. The monoisotopic (exact) mass is 360 g/mol. The second kappa shape index (κ2) is 6.87. The summed E-state index contributed by atoms with van der Waals surface area (Å²) < 4.78 is 0. The Labute approximate surface area is 154 Å². The number of nitrogens with one attached hydrogen (secondary N) is 3. The molecule has 0 unspecified atom stereocenters. The highest BCUT2D eigenvalue weighted by atomic mass is 16.2. The third-order valence-electron chi connectivity index (χ3n) is 4.36. The molecule has 0 spiro atoms. The number of hydrogen-bond acceptors (Lipinski definition) is 4. The molecule has 7 heteroatoms. The Bertz CT molecular complexity index is 1060. The van der Waals surface area contributed by atoms with Crippen LogP contribution in [0.4, 0.5) is 11.4 Å². The van der Waals surface area contributed by atoms with Crippen LogP contribution in [0.15, 0.2) is 60.8 Å². The summed E-state index contributed by atoms with van der Waals surface area (Å²) in [5.74, 6) is -1.20. The number of carbonyl (C=O) groups is 3. The first-order chi connectivity index (χ1) is 13.1. The summed E-state index contributed by atoms with van der Waals surface area (Å²) in [5, 5.41) is 8.90. The fourth-order valence-electron chi connectivity index (χ4n) is 3.05. The molecule has 0 fully saturated rings. The maximum Gasteiger partial charge on any atom is 0.254 e. The van der Waals surface area contributed by atoms with E-state index in [9.17, 15) is 14.4 Å². The number of pyridine rings is 1. The topological polar surface area (TPSA) is 100 Å². The normalized spacial score (nSPS) is 16.1. The average molecular weight is 360 g/mol. The number of benzene rings is 2. The molecule has 27 heavy (non-hydrogen) atoms. The zero-order valence-electron chi connectivity index (χ0n) is 14.2. The molecule has 134 valence electrons. The smallest absolute Gasteiger partial charge is 0.254 e. The minimum atomic E-state index is -0.960.